The van der Waals surface area contributed by atoms with Crippen molar-refractivity contribution in [1.29, 1.82) is 0 Å². The number of nitrogens with zero attached hydrogens (tertiary/aromatic N) is 3. The van der Waals surface area contributed by atoms with Crippen LogP contribution in [0.4, 0.5) is 0 Å². The number of hydroxylamine groups is 1. The molecule has 6 nitrogen and oxygen atoms in total. The number of carbonyl (C=O) groups excluding carboxylic acids is 1. The van der Waals surface area contributed by atoms with Crippen molar-refractivity contribution in [2.45, 2.75) is 9.79 Å². The molecule has 0 aliphatic carbocycles. The maximum Gasteiger partial charge on any atom is 0.275 e. The Morgan fingerprint density at radius 3 is 2.87 bits per heavy atom. The number of nitrogens with one attached hydrogen (secondary N) is 1. The second-order valence-corrected chi connectivity index (χ2v) is 7.62. The van der Waals surface area contributed by atoms with Crippen LogP contribution < -0.4 is 5.48 Å². The van der Waals surface area contributed by atoms with Crippen LogP contribution >= 0.6 is 11.8 Å². The summed E-state index contributed by atoms with van der Waals surface area (Å²) in [5, 5.41) is 5.48. The largest absolute Gasteiger partial charge is 0.275 e. The van der Waals surface area contributed by atoms with Crippen LogP contribution in [-0.2, 0) is 4.84 Å². The van der Waals surface area contributed by atoms with Gasteiger partial charge in [-0.1, -0.05) is 42.1 Å². The number of hydrogen-bond acceptors (Lipinski definition) is 5. The fraction of sp³-hybridized carbons (Fsp3) is 0.0417. The van der Waals surface area contributed by atoms with E-state index in [9.17, 15) is 4.79 Å². The van der Waals surface area contributed by atoms with E-state index in [1.807, 2.05) is 71.7 Å². The minimum Gasteiger partial charge on any atom is -0.269 e. The minimum atomic E-state index is -0.297. The Hall–Kier alpha value is -3.68. The first-order valence-corrected chi connectivity index (χ1v) is 10.4. The first-order valence-electron chi connectivity index (χ1n) is 9.61. The summed E-state index contributed by atoms with van der Waals surface area (Å²) in [7, 11) is 0. The maximum absolute atomic E-state index is 12.5. The van der Waals surface area contributed by atoms with Crippen LogP contribution in [0, 0.1) is 0 Å². The van der Waals surface area contributed by atoms with E-state index in [4.69, 9.17) is 4.84 Å². The molecule has 2 aromatic carbocycles. The lowest BCUT2D eigenvalue weighted by molar-refractivity contribution is 0.0419. The number of carbonyl (C=O) groups is 1. The normalized spacial score (nSPS) is 11.1. The molecule has 7 heteroatoms. The van der Waals surface area contributed by atoms with Gasteiger partial charge in [-0.05, 0) is 42.5 Å². The SMILES string of the molecule is C=CCONC(=O)c1ccccc1Sc1ccc2cnn(C=Cc3ccccn3)c2c1. The van der Waals surface area contributed by atoms with Crippen molar-refractivity contribution in [3.05, 3.63) is 97.0 Å². The zero-order valence-electron chi connectivity index (χ0n) is 16.6. The van der Waals surface area contributed by atoms with Crippen LogP contribution in [0.3, 0.4) is 0 Å². The van der Waals surface area contributed by atoms with Crippen molar-refractivity contribution in [1.82, 2.24) is 20.2 Å². The Morgan fingerprint density at radius 2 is 2.03 bits per heavy atom. The molecule has 0 atom stereocenters. The standard InChI is InChI=1S/C24H20N4O2S/c1-2-15-30-27-24(29)21-8-3-4-9-23(21)31-20-11-10-18-17-26-28(22(18)16-20)14-12-19-7-5-6-13-25-19/h2-14,16-17H,1,15H2,(H,27,29). The molecule has 0 saturated carbocycles. The van der Waals surface area contributed by atoms with Crippen molar-refractivity contribution in [2.24, 2.45) is 0 Å². The molecule has 31 heavy (non-hydrogen) atoms. The predicted octanol–water partition coefficient (Wildman–Crippen LogP) is 5.06. The molecule has 0 bridgehead atoms. The summed E-state index contributed by atoms with van der Waals surface area (Å²) in [5.74, 6) is -0.297. The van der Waals surface area contributed by atoms with E-state index in [1.165, 1.54) is 11.8 Å². The lowest BCUT2D eigenvalue weighted by atomic mass is 10.2. The van der Waals surface area contributed by atoms with Crippen LogP contribution in [0.2, 0.25) is 0 Å². The van der Waals surface area contributed by atoms with Crippen LogP contribution in [0.1, 0.15) is 16.1 Å². The van der Waals surface area contributed by atoms with E-state index >= 15 is 0 Å². The Kier molecular flexibility index (Phi) is 6.56. The highest BCUT2D eigenvalue weighted by atomic mass is 32.2. The van der Waals surface area contributed by atoms with Gasteiger partial charge in [0.1, 0.15) is 0 Å². The van der Waals surface area contributed by atoms with Gasteiger partial charge in [0.2, 0.25) is 0 Å². The van der Waals surface area contributed by atoms with E-state index in [0.717, 1.165) is 26.4 Å². The van der Waals surface area contributed by atoms with Gasteiger partial charge in [-0.15, -0.1) is 6.58 Å². The second-order valence-electron chi connectivity index (χ2n) is 6.51. The highest BCUT2D eigenvalue weighted by molar-refractivity contribution is 7.99. The number of hydrogen-bond donors (Lipinski definition) is 1. The third-order valence-electron chi connectivity index (χ3n) is 4.37. The first kappa shape index (κ1) is 20.6. The molecule has 0 unspecified atom stereocenters. The van der Waals surface area contributed by atoms with E-state index < -0.39 is 0 Å². The average molecular weight is 429 g/mol. The molecular weight excluding hydrogens is 408 g/mol. The molecule has 0 radical (unpaired) electrons. The fourth-order valence-corrected chi connectivity index (χ4v) is 3.89. The maximum atomic E-state index is 12.5. The molecule has 0 spiro atoms. The quantitative estimate of drug-likeness (QED) is 0.241. The highest BCUT2D eigenvalue weighted by Crippen LogP contribution is 2.32. The summed E-state index contributed by atoms with van der Waals surface area (Å²) in [6.45, 7) is 3.81. The van der Waals surface area contributed by atoms with Gasteiger partial charge < -0.3 is 0 Å². The van der Waals surface area contributed by atoms with Crippen molar-refractivity contribution in [2.75, 3.05) is 6.61 Å². The lowest BCUT2D eigenvalue weighted by Crippen LogP contribution is -2.24. The summed E-state index contributed by atoms with van der Waals surface area (Å²) in [5.41, 5.74) is 4.81. The topological polar surface area (TPSA) is 69.0 Å². The number of fused-ring (bicyclic) bond motifs is 1. The molecular formula is C24H20N4O2S. The summed E-state index contributed by atoms with van der Waals surface area (Å²) >= 11 is 1.51. The number of aromatic nitrogens is 3. The van der Waals surface area contributed by atoms with Crippen molar-refractivity contribution in [3.63, 3.8) is 0 Å². The molecule has 0 aliphatic rings. The number of pyridine rings is 1. The van der Waals surface area contributed by atoms with Gasteiger partial charge in [0.05, 0.1) is 29.6 Å². The van der Waals surface area contributed by atoms with Crippen molar-refractivity contribution >= 4 is 40.8 Å². The molecule has 2 heterocycles. The fourth-order valence-electron chi connectivity index (χ4n) is 2.91. The molecule has 1 N–H and O–H groups in total. The van der Waals surface area contributed by atoms with Gasteiger partial charge in [-0.3, -0.25) is 14.6 Å². The van der Waals surface area contributed by atoms with E-state index in [2.05, 4.69) is 28.2 Å². The summed E-state index contributed by atoms with van der Waals surface area (Å²) < 4.78 is 1.82. The number of amides is 1. The first-order chi connectivity index (χ1) is 15.2. The molecule has 0 saturated heterocycles. The Bertz CT molecular complexity index is 1230. The molecule has 4 rings (SSSR count). The zero-order valence-corrected chi connectivity index (χ0v) is 17.5. The molecule has 0 fully saturated rings. The van der Waals surface area contributed by atoms with Gasteiger partial charge in [0.25, 0.3) is 5.91 Å². The Morgan fingerprint density at radius 1 is 1.16 bits per heavy atom. The number of rotatable bonds is 8. The van der Waals surface area contributed by atoms with Crippen molar-refractivity contribution in [3.8, 4) is 0 Å². The van der Waals surface area contributed by atoms with Gasteiger partial charge >= 0.3 is 0 Å². The smallest absolute Gasteiger partial charge is 0.269 e. The van der Waals surface area contributed by atoms with E-state index in [0.29, 0.717) is 5.56 Å². The molecule has 0 aliphatic heterocycles. The Balaban J connectivity index is 1.58. The van der Waals surface area contributed by atoms with Gasteiger partial charge in [-0.25, -0.2) is 10.2 Å². The summed E-state index contributed by atoms with van der Waals surface area (Å²) in [4.78, 5) is 23.7. The van der Waals surface area contributed by atoms with Crippen LogP contribution in [0.5, 0.6) is 0 Å². The van der Waals surface area contributed by atoms with E-state index in [1.54, 1.807) is 18.3 Å². The molecule has 2 aromatic heterocycles. The third kappa shape index (κ3) is 5.09. The van der Waals surface area contributed by atoms with E-state index in [-0.39, 0.29) is 12.5 Å². The van der Waals surface area contributed by atoms with Crippen LogP contribution in [0.15, 0.2) is 95.5 Å². The molecule has 154 valence electrons. The minimum absolute atomic E-state index is 0.244. The Labute approximate surface area is 184 Å². The third-order valence-corrected chi connectivity index (χ3v) is 5.44. The molecule has 1 amide bonds. The molecule has 4 aromatic rings. The van der Waals surface area contributed by atoms with Crippen LogP contribution in [0.25, 0.3) is 23.2 Å². The van der Waals surface area contributed by atoms with Crippen molar-refractivity contribution < 1.29 is 9.63 Å². The van der Waals surface area contributed by atoms with Gasteiger partial charge in [0.15, 0.2) is 0 Å². The summed E-state index contributed by atoms with van der Waals surface area (Å²) in [6, 6.07) is 19.3. The zero-order chi connectivity index (χ0) is 21.5. The van der Waals surface area contributed by atoms with Gasteiger partial charge in [0, 0.05) is 27.6 Å². The highest BCUT2D eigenvalue weighted by Gasteiger charge is 2.13. The van der Waals surface area contributed by atoms with Crippen LogP contribution in [-0.4, -0.2) is 27.3 Å². The average Bonchev–Trinajstić information content (AvgIpc) is 3.21. The monoisotopic (exact) mass is 428 g/mol. The lowest BCUT2D eigenvalue weighted by Gasteiger charge is -2.09. The second kappa shape index (κ2) is 9.88. The summed E-state index contributed by atoms with van der Waals surface area (Å²) in [6.07, 6.45) is 8.95. The number of benzene rings is 2. The van der Waals surface area contributed by atoms with Gasteiger partial charge in [-0.2, -0.15) is 5.10 Å². The predicted molar refractivity (Wildman–Crippen MR) is 123 cm³/mol.